The zero-order valence-corrected chi connectivity index (χ0v) is 22.3. The molecule has 0 radical (unpaired) electrons. The minimum atomic E-state index is 0.110. The van der Waals surface area contributed by atoms with Crippen LogP contribution in [0, 0.1) is 20.8 Å². The molecule has 2 aromatic heterocycles. The number of ether oxygens (including phenoxy) is 1. The average Bonchev–Trinajstić information content (AvgIpc) is 3.05. The topological polar surface area (TPSA) is 70.2 Å². The number of imidazole rings is 1. The third-order valence-corrected chi connectivity index (χ3v) is 7.99. The van der Waals surface area contributed by atoms with Crippen LogP contribution in [0.4, 0.5) is 5.82 Å². The largest absolute Gasteiger partial charge is 0.491 e. The van der Waals surface area contributed by atoms with E-state index in [1.165, 1.54) is 0 Å². The molecule has 34 heavy (non-hydrogen) atoms. The molecule has 2 aromatic carbocycles. The Labute approximate surface area is 213 Å². The fourth-order valence-corrected chi connectivity index (χ4v) is 4.63. The van der Waals surface area contributed by atoms with Crippen LogP contribution in [0.5, 0.6) is 5.75 Å². The van der Waals surface area contributed by atoms with Crippen LogP contribution in [-0.2, 0) is 6.54 Å². The number of anilines is 1. The molecule has 0 amide bonds. The lowest BCUT2D eigenvalue weighted by Gasteiger charge is -2.26. The third kappa shape index (κ3) is 4.36. The Hall–Kier alpha value is -2.72. The van der Waals surface area contributed by atoms with Gasteiger partial charge in [0, 0.05) is 23.4 Å². The summed E-state index contributed by atoms with van der Waals surface area (Å²) in [5, 5.41) is 0. The Balaban J connectivity index is 1.51. The van der Waals surface area contributed by atoms with Gasteiger partial charge < -0.3 is 14.6 Å². The highest BCUT2D eigenvalue weighted by atomic mass is 127. The number of nitrogens with zero attached hydrogens (tertiary/aromatic N) is 5. The Kier molecular flexibility index (Phi) is 6.20. The maximum Gasteiger partial charge on any atom is 0.158 e. The molecule has 1 N–H and O–H groups in total. The first-order valence-electron chi connectivity index (χ1n) is 11.4. The van der Waals surface area contributed by atoms with Crippen LogP contribution in [0.25, 0.3) is 22.2 Å². The summed E-state index contributed by atoms with van der Waals surface area (Å²) in [6.45, 7) is 8.28. The van der Waals surface area contributed by atoms with Gasteiger partial charge in [0.05, 0.1) is 17.6 Å². The number of alkyl halides is 1. The first-order valence-corrected chi connectivity index (χ1v) is 12.7. The molecule has 7 nitrogen and oxygen atoms in total. The quantitative estimate of drug-likeness (QED) is 0.204. The maximum atomic E-state index is 6.14. The number of hydrogen-bond donors (Lipinski definition) is 1. The molecule has 1 atom stereocenters. The fourth-order valence-electron chi connectivity index (χ4n) is 4.35. The van der Waals surface area contributed by atoms with Crippen LogP contribution < -0.4 is 9.64 Å². The molecule has 0 aliphatic carbocycles. The molecule has 1 unspecified atom stereocenters. The number of aromatic amines is 1. The van der Waals surface area contributed by atoms with Gasteiger partial charge in [-0.05, 0) is 70.3 Å². The Bertz CT molecular complexity index is 1370. The molecule has 5 rings (SSSR count). The van der Waals surface area contributed by atoms with E-state index in [0.29, 0.717) is 6.61 Å². The van der Waals surface area contributed by atoms with E-state index in [-0.39, 0.29) is 4.05 Å². The Morgan fingerprint density at radius 2 is 1.79 bits per heavy atom. The van der Waals surface area contributed by atoms with Gasteiger partial charge in [-0.2, -0.15) is 0 Å². The van der Waals surface area contributed by atoms with Gasteiger partial charge in [0.15, 0.2) is 5.82 Å². The van der Waals surface area contributed by atoms with Crippen molar-refractivity contribution in [1.29, 1.82) is 0 Å². The Morgan fingerprint density at radius 3 is 2.59 bits per heavy atom. The summed E-state index contributed by atoms with van der Waals surface area (Å²) in [5.41, 5.74) is 7.65. The lowest BCUT2D eigenvalue weighted by Crippen LogP contribution is -2.28. The van der Waals surface area contributed by atoms with Crippen molar-refractivity contribution in [2.24, 2.45) is 0 Å². The summed E-state index contributed by atoms with van der Waals surface area (Å²) in [5.74, 6) is 3.69. The third-order valence-electron chi connectivity index (χ3n) is 6.32. The van der Waals surface area contributed by atoms with Crippen molar-refractivity contribution in [2.45, 2.75) is 31.4 Å². The lowest BCUT2D eigenvalue weighted by molar-refractivity contribution is 0.331. The van der Waals surface area contributed by atoms with Crippen LogP contribution >= 0.6 is 22.6 Å². The van der Waals surface area contributed by atoms with Crippen molar-refractivity contribution in [3.63, 3.8) is 0 Å². The monoisotopic (exact) mass is 568 g/mol. The maximum absolute atomic E-state index is 6.14. The van der Waals surface area contributed by atoms with Crippen molar-refractivity contribution in [1.82, 2.24) is 24.8 Å². The van der Waals surface area contributed by atoms with Crippen LogP contribution in [0.2, 0.25) is 0 Å². The molecular formula is C26H29IN6O. The second kappa shape index (κ2) is 9.14. The zero-order chi connectivity index (χ0) is 24.0. The van der Waals surface area contributed by atoms with Gasteiger partial charge in [0.2, 0.25) is 0 Å². The first-order chi connectivity index (χ1) is 16.3. The number of halogens is 1. The van der Waals surface area contributed by atoms with Gasteiger partial charge in [-0.3, -0.25) is 4.90 Å². The van der Waals surface area contributed by atoms with Gasteiger partial charge >= 0.3 is 0 Å². The number of hydrogen-bond acceptors (Lipinski definition) is 6. The number of benzene rings is 2. The smallest absolute Gasteiger partial charge is 0.158 e. The molecule has 0 fully saturated rings. The highest BCUT2D eigenvalue weighted by Gasteiger charge is 2.23. The molecule has 3 heterocycles. The SMILES string of the molecule is Cc1nc2ccc(-c3ccc4c(c3)CN(c3nc(C(I)N(C)C)nc(C)c3C)CCO4)cc2[nH]1. The lowest BCUT2D eigenvalue weighted by atomic mass is 10.0. The van der Waals surface area contributed by atoms with Gasteiger partial charge in [-0.15, -0.1) is 0 Å². The molecular weight excluding hydrogens is 539 g/mol. The van der Waals surface area contributed by atoms with Gasteiger partial charge in [-0.1, -0.05) is 34.7 Å². The molecule has 176 valence electrons. The van der Waals surface area contributed by atoms with Crippen molar-refractivity contribution in [3.05, 3.63) is 64.9 Å². The predicted octanol–water partition coefficient (Wildman–Crippen LogP) is 5.34. The summed E-state index contributed by atoms with van der Waals surface area (Å²) in [6, 6.07) is 12.8. The number of fused-ring (bicyclic) bond motifs is 2. The molecule has 0 bridgehead atoms. The molecule has 0 spiro atoms. The highest BCUT2D eigenvalue weighted by Crippen LogP contribution is 2.33. The van der Waals surface area contributed by atoms with Gasteiger partial charge in [-0.25, -0.2) is 15.0 Å². The van der Waals surface area contributed by atoms with E-state index in [9.17, 15) is 0 Å². The van der Waals surface area contributed by atoms with E-state index in [0.717, 1.165) is 75.3 Å². The first kappa shape index (κ1) is 23.0. The van der Waals surface area contributed by atoms with E-state index < -0.39 is 0 Å². The van der Waals surface area contributed by atoms with Gasteiger partial charge in [0.1, 0.15) is 28.0 Å². The zero-order valence-electron chi connectivity index (χ0n) is 20.2. The molecule has 4 aromatic rings. The molecule has 0 saturated carbocycles. The highest BCUT2D eigenvalue weighted by molar-refractivity contribution is 14.1. The number of aromatic nitrogens is 4. The fraction of sp³-hybridized carbons (Fsp3) is 0.346. The van der Waals surface area contributed by atoms with Crippen molar-refractivity contribution >= 4 is 39.4 Å². The van der Waals surface area contributed by atoms with Gasteiger partial charge in [0.25, 0.3) is 0 Å². The normalized spacial score (nSPS) is 14.7. The van der Waals surface area contributed by atoms with Crippen LogP contribution in [0.15, 0.2) is 36.4 Å². The number of aryl methyl sites for hydroxylation is 2. The summed E-state index contributed by atoms with van der Waals surface area (Å²) < 4.78 is 6.25. The number of H-pyrrole nitrogens is 1. The van der Waals surface area contributed by atoms with E-state index in [1.54, 1.807) is 0 Å². The van der Waals surface area contributed by atoms with E-state index in [2.05, 4.69) is 107 Å². The van der Waals surface area contributed by atoms with Crippen LogP contribution in [0.3, 0.4) is 0 Å². The predicted molar refractivity (Wildman–Crippen MR) is 145 cm³/mol. The van der Waals surface area contributed by atoms with Crippen LogP contribution in [0.1, 0.15) is 32.5 Å². The molecule has 0 saturated heterocycles. The second-order valence-corrected chi connectivity index (χ2v) is 10.2. The van der Waals surface area contributed by atoms with E-state index >= 15 is 0 Å². The molecule has 8 heteroatoms. The summed E-state index contributed by atoms with van der Waals surface area (Å²) in [6.07, 6.45) is 0. The summed E-state index contributed by atoms with van der Waals surface area (Å²) in [4.78, 5) is 22.1. The van der Waals surface area contributed by atoms with E-state index in [1.807, 2.05) is 6.92 Å². The van der Waals surface area contributed by atoms with Crippen molar-refractivity contribution < 1.29 is 4.74 Å². The molecule has 1 aliphatic rings. The second-order valence-electron chi connectivity index (χ2n) is 9.06. The number of rotatable bonds is 4. The number of nitrogens with one attached hydrogen (secondary N) is 1. The minimum absolute atomic E-state index is 0.110. The van der Waals surface area contributed by atoms with Crippen LogP contribution in [-0.4, -0.2) is 52.1 Å². The summed E-state index contributed by atoms with van der Waals surface area (Å²) in [7, 11) is 4.10. The summed E-state index contributed by atoms with van der Waals surface area (Å²) >= 11 is 2.39. The van der Waals surface area contributed by atoms with E-state index in [4.69, 9.17) is 14.7 Å². The molecule has 1 aliphatic heterocycles. The van der Waals surface area contributed by atoms with Crippen molar-refractivity contribution in [2.75, 3.05) is 32.1 Å². The Morgan fingerprint density at radius 1 is 1.03 bits per heavy atom. The standard InChI is InChI=1S/C26H29IN6O/c1-15-16(2)28-25(24(27)32(4)5)31-26(15)33-10-11-34-23-9-7-18(12-20(23)14-33)19-6-8-21-22(13-19)30-17(3)29-21/h6-9,12-13,24H,10-11,14H2,1-5H3,(H,29,30). The minimum Gasteiger partial charge on any atom is -0.491 e. The average molecular weight is 568 g/mol. The van der Waals surface area contributed by atoms with Crippen molar-refractivity contribution in [3.8, 4) is 16.9 Å².